The molecular formula is C16H25NO. The maximum Gasteiger partial charge on any atom is 0.0571 e. The van der Waals surface area contributed by atoms with Crippen molar-refractivity contribution in [1.29, 1.82) is 0 Å². The fourth-order valence-corrected chi connectivity index (χ4v) is 2.69. The molecule has 0 saturated heterocycles. The third-order valence-corrected chi connectivity index (χ3v) is 4.08. The summed E-state index contributed by atoms with van der Waals surface area (Å²) in [5.74, 6) is 0.966. The maximum absolute atomic E-state index is 10.0. The Balaban J connectivity index is 1.95. The second-order valence-electron chi connectivity index (χ2n) is 5.57. The summed E-state index contributed by atoms with van der Waals surface area (Å²) in [7, 11) is 0. The standard InChI is InChI=1S/C16H25NO/c1-2-13-5-3-4-6-15(13)9-12(11-17)10-16(18)14-7-8-14/h3-6,12,14,16,18H,2,7-11,17H2,1H3. The number of aliphatic hydroxyl groups excluding tert-OH is 1. The first-order valence-corrected chi connectivity index (χ1v) is 7.19. The van der Waals surface area contributed by atoms with E-state index in [0.29, 0.717) is 18.4 Å². The number of aryl methyl sites for hydroxylation is 1. The van der Waals surface area contributed by atoms with Crippen LogP contribution in [0.15, 0.2) is 24.3 Å². The van der Waals surface area contributed by atoms with Gasteiger partial charge in [-0.05, 0) is 61.6 Å². The van der Waals surface area contributed by atoms with Crippen molar-refractivity contribution >= 4 is 0 Å². The van der Waals surface area contributed by atoms with E-state index in [1.807, 2.05) is 0 Å². The summed E-state index contributed by atoms with van der Waals surface area (Å²) in [6, 6.07) is 8.59. The Bertz CT molecular complexity index is 373. The average Bonchev–Trinajstić information content (AvgIpc) is 3.22. The second-order valence-corrected chi connectivity index (χ2v) is 5.57. The van der Waals surface area contributed by atoms with E-state index in [1.165, 1.54) is 24.0 Å². The van der Waals surface area contributed by atoms with Gasteiger partial charge >= 0.3 is 0 Å². The fourth-order valence-electron chi connectivity index (χ4n) is 2.69. The first-order valence-electron chi connectivity index (χ1n) is 7.19. The molecule has 0 heterocycles. The fraction of sp³-hybridized carbons (Fsp3) is 0.625. The van der Waals surface area contributed by atoms with Crippen LogP contribution < -0.4 is 5.73 Å². The molecular weight excluding hydrogens is 222 g/mol. The minimum absolute atomic E-state index is 0.132. The van der Waals surface area contributed by atoms with Crippen LogP contribution in [0.3, 0.4) is 0 Å². The Morgan fingerprint density at radius 1 is 1.28 bits per heavy atom. The SMILES string of the molecule is CCc1ccccc1CC(CN)CC(O)C1CC1. The first kappa shape index (κ1) is 13.6. The summed E-state index contributed by atoms with van der Waals surface area (Å²) in [6.45, 7) is 2.86. The van der Waals surface area contributed by atoms with Gasteiger partial charge in [0.05, 0.1) is 6.10 Å². The summed E-state index contributed by atoms with van der Waals surface area (Å²) in [6.07, 6.45) is 5.20. The van der Waals surface area contributed by atoms with Crippen LogP contribution >= 0.6 is 0 Å². The highest BCUT2D eigenvalue weighted by atomic mass is 16.3. The van der Waals surface area contributed by atoms with Crippen LogP contribution in [-0.4, -0.2) is 17.8 Å². The van der Waals surface area contributed by atoms with Gasteiger partial charge in [0.25, 0.3) is 0 Å². The number of aliphatic hydroxyl groups is 1. The van der Waals surface area contributed by atoms with E-state index in [9.17, 15) is 5.11 Å². The van der Waals surface area contributed by atoms with E-state index in [4.69, 9.17) is 5.73 Å². The Kier molecular flexibility index (Phi) is 4.79. The van der Waals surface area contributed by atoms with Crippen molar-refractivity contribution in [3.05, 3.63) is 35.4 Å². The van der Waals surface area contributed by atoms with E-state index < -0.39 is 0 Å². The van der Waals surface area contributed by atoms with Gasteiger partial charge in [0.2, 0.25) is 0 Å². The van der Waals surface area contributed by atoms with Crippen LogP contribution in [-0.2, 0) is 12.8 Å². The van der Waals surface area contributed by atoms with Gasteiger partial charge in [-0.15, -0.1) is 0 Å². The van der Waals surface area contributed by atoms with E-state index in [-0.39, 0.29) is 6.10 Å². The lowest BCUT2D eigenvalue weighted by Gasteiger charge is -2.20. The van der Waals surface area contributed by atoms with Gasteiger partial charge in [-0.25, -0.2) is 0 Å². The van der Waals surface area contributed by atoms with Crippen LogP contribution in [0.5, 0.6) is 0 Å². The highest BCUT2D eigenvalue weighted by Gasteiger charge is 2.31. The molecule has 2 heteroatoms. The van der Waals surface area contributed by atoms with Crippen LogP contribution in [0.4, 0.5) is 0 Å². The van der Waals surface area contributed by atoms with Crippen LogP contribution in [0.2, 0.25) is 0 Å². The first-order chi connectivity index (χ1) is 8.74. The van der Waals surface area contributed by atoms with E-state index in [2.05, 4.69) is 31.2 Å². The Hall–Kier alpha value is -0.860. The molecule has 2 rings (SSSR count). The van der Waals surface area contributed by atoms with Crippen molar-refractivity contribution in [2.75, 3.05) is 6.54 Å². The average molecular weight is 247 g/mol. The van der Waals surface area contributed by atoms with Crippen LogP contribution in [0.25, 0.3) is 0 Å². The quantitative estimate of drug-likeness (QED) is 0.777. The molecule has 1 aliphatic carbocycles. The van der Waals surface area contributed by atoms with Crippen molar-refractivity contribution < 1.29 is 5.11 Å². The summed E-state index contributed by atoms with van der Waals surface area (Å²) < 4.78 is 0. The van der Waals surface area contributed by atoms with E-state index >= 15 is 0 Å². The smallest absolute Gasteiger partial charge is 0.0571 e. The molecule has 0 radical (unpaired) electrons. The predicted molar refractivity (Wildman–Crippen MR) is 75.4 cm³/mol. The zero-order chi connectivity index (χ0) is 13.0. The Labute approximate surface area is 110 Å². The van der Waals surface area contributed by atoms with Crippen molar-refractivity contribution in [2.45, 2.75) is 45.1 Å². The number of hydrogen-bond donors (Lipinski definition) is 2. The predicted octanol–water partition coefficient (Wildman–Crippen LogP) is 2.53. The zero-order valence-electron chi connectivity index (χ0n) is 11.3. The summed E-state index contributed by atoms with van der Waals surface area (Å²) in [5.41, 5.74) is 8.68. The molecule has 1 aliphatic rings. The molecule has 0 bridgehead atoms. The summed E-state index contributed by atoms with van der Waals surface area (Å²) in [4.78, 5) is 0. The largest absolute Gasteiger partial charge is 0.393 e. The van der Waals surface area contributed by atoms with Gasteiger partial charge in [-0.1, -0.05) is 31.2 Å². The summed E-state index contributed by atoms with van der Waals surface area (Å²) >= 11 is 0. The van der Waals surface area contributed by atoms with Crippen molar-refractivity contribution in [3.8, 4) is 0 Å². The van der Waals surface area contributed by atoms with E-state index in [0.717, 1.165) is 19.3 Å². The highest BCUT2D eigenvalue weighted by molar-refractivity contribution is 5.27. The Morgan fingerprint density at radius 3 is 2.50 bits per heavy atom. The normalized spacial score (nSPS) is 18.6. The molecule has 0 aromatic heterocycles. The lowest BCUT2D eigenvalue weighted by Crippen LogP contribution is -2.24. The molecule has 1 saturated carbocycles. The van der Waals surface area contributed by atoms with Gasteiger partial charge in [0.1, 0.15) is 0 Å². The molecule has 2 atom stereocenters. The number of nitrogens with two attached hydrogens (primary N) is 1. The molecule has 18 heavy (non-hydrogen) atoms. The lowest BCUT2D eigenvalue weighted by molar-refractivity contribution is 0.121. The van der Waals surface area contributed by atoms with Gasteiger partial charge in [0.15, 0.2) is 0 Å². The minimum Gasteiger partial charge on any atom is -0.393 e. The molecule has 1 aromatic rings. The molecule has 1 aromatic carbocycles. The Morgan fingerprint density at radius 2 is 1.94 bits per heavy atom. The number of hydrogen-bond acceptors (Lipinski definition) is 2. The minimum atomic E-state index is -0.132. The topological polar surface area (TPSA) is 46.2 Å². The van der Waals surface area contributed by atoms with Crippen molar-refractivity contribution in [3.63, 3.8) is 0 Å². The van der Waals surface area contributed by atoms with Crippen molar-refractivity contribution in [2.24, 2.45) is 17.6 Å². The number of benzene rings is 1. The van der Waals surface area contributed by atoms with Gasteiger partial charge in [-0.2, -0.15) is 0 Å². The van der Waals surface area contributed by atoms with Crippen LogP contribution in [0.1, 0.15) is 37.3 Å². The van der Waals surface area contributed by atoms with Crippen molar-refractivity contribution in [1.82, 2.24) is 0 Å². The maximum atomic E-state index is 10.0. The second kappa shape index (κ2) is 6.35. The van der Waals surface area contributed by atoms with Gasteiger partial charge < -0.3 is 10.8 Å². The highest BCUT2D eigenvalue weighted by Crippen LogP contribution is 2.35. The monoisotopic (exact) mass is 247 g/mol. The molecule has 2 nitrogen and oxygen atoms in total. The number of rotatable bonds is 7. The van der Waals surface area contributed by atoms with Crippen LogP contribution in [0, 0.1) is 11.8 Å². The third kappa shape index (κ3) is 3.56. The lowest BCUT2D eigenvalue weighted by atomic mass is 9.90. The molecule has 2 unspecified atom stereocenters. The molecule has 3 N–H and O–H groups in total. The van der Waals surface area contributed by atoms with E-state index in [1.54, 1.807) is 0 Å². The molecule has 100 valence electrons. The van der Waals surface area contributed by atoms with Gasteiger partial charge in [0, 0.05) is 0 Å². The molecule has 1 fully saturated rings. The summed E-state index contributed by atoms with van der Waals surface area (Å²) in [5, 5.41) is 10.0. The molecule has 0 amide bonds. The third-order valence-electron chi connectivity index (χ3n) is 4.08. The van der Waals surface area contributed by atoms with Gasteiger partial charge in [-0.3, -0.25) is 0 Å². The molecule has 0 spiro atoms. The molecule has 0 aliphatic heterocycles. The zero-order valence-corrected chi connectivity index (χ0v) is 11.3.